The molecule has 1 aliphatic heterocycles. The lowest BCUT2D eigenvalue weighted by Crippen LogP contribution is -2.33. The maximum absolute atomic E-state index is 11.9. The van der Waals surface area contributed by atoms with Crippen LogP contribution in [0.25, 0.3) is 0 Å². The Kier molecular flexibility index (Phi) is 3.33. The molecule has 2 rings (SSSR count). The van der Waals surface area contributed by atoms with Gasteiger partial charge < -0.3 is 4.90 Å². The van der Waals surface area contributed by atoms with Gasteiger partial charge in [0, 0.05) is 11.0 Å². The van der Waals surface area contributed by atoms with Gasteiger partial charge in [-0.3, -0.25) is 9.59 Å². The topological polar surface area (TPSA) is 37.4 Å². The van der Waals surface area contributed by atoms with E-state index in [4.69, 9.17) is 0 Å². The Morgan fingerprint density at radius 2 is 2.06 bits per heavy atom. The predicted octanol–water partition coefficient (Wildman–Crippen LogP) is 3.02. The zero-order valence-corrected chi connectivity index (χ0v) is 11.5. The van der Waals surface area contributed by atoms with Crippen molar-refractivity contribution in [2.45, 2.75) is 20.3 Å². The van der Waals surface area contributed by atoms with Gasteiger partial charge in [-0.05, 0) is 24.1 Å². The van der Waals surface area contributed by atoms with Gasteiger partial charge in [-0.2, -0.15) is 0 Å². The zero-order chi connectivity index (χ0) is 12.6. The summed E-state index contributed by atoms with van der Waals surface area (Å²) < 4.78 is 0.882. The predicted molar refractivity (Wildman–Crippen MR) is 70.3 cm³/mol. The van der Waals surface area contributed by atoms with Crippen molar-refractivity contribution in [3.05, 3.63) is 28.2 Å². The monoisotopic (exact) mass is 295 g/mol. The number of rotatable bonds is 3. The normalized spacial score (nSPS) is 16.3. The van der Waals surface area contributed by atoms with E-state index >= 15 is 0 Å². The molecule has 0 saturated heterocycles. The number of Topliss-reactive ketones (excluding diaryl/α,β-unsaturated/α-hetero) is 1. The van der Waals surface area contributed by atoms with Crippen LogP contribution in [-0.4, -0.2) is 18.2 Å². The summed E-state index contributed by atoms with van der Waals surface area (Å²) in [5, 5.41) is 0. The second kappa shape index (κ2) is 4.61. The Morgan fingerprint density at radius 1 is 1.35 bits per heavy atom. The van der Waals surface area contributed by atoms with Crippen LogP contribution in [0.4, 0.5) is 5.69 Å². The smallest absolute Gasteiger partial charge is 0.299 e. The highest BCUT2D eigenvalue weighted by molar-refractivity contribution is 9.10. The largest absolute Gasteiger partial charge is 0.304 e. The summed E-state index contributed by atoms with van der Waals surface area (Å²) in [6.45, 7) is 4.76. The van der Waals surface area contributed by atoms with Crippen LogP contribution in [0.1, 0.15) is 30.6 Å². The van der Waals surface area contributed by atoms with E-state index in [-0.39, 0.29) is 0 Å². The zero-order valence-electron chi connectivity index (χ0n) is 9.87. The molecular weight excluding hydrogens is 282 g/mol. The molecule has 1 heterocycles. The van der Waals surface area contributed by atoms with Crippen LogP contribution in [0.15, 0.2) is 22.7 Å². The average Bonchev–Trinajstić information content (AvgIpc) is 2.54. The number of hydrogen-bond acceptors (Lipinski definition) is 2. The fourth-order valence-corrected chi connectivity index (χ4v) is 2.24. The van der Waals surface area contributed by atoms with Gasteiger partial charge in [0.05, 0.1) is 11.3 Å². The lowest BCUT2D eigenvalue weighted by atomic mass is 10.1. The van der Waals surface area contributed by atoms with Crippen LogP contribution in [-0.2, 0) is 4.79 Å². The Hall–Kier alpha value is -1.16. The Bertz CT molecular complexity index is 484. The van der Waals surface area contributed by atoms with E-state index in [1.54, 1.807) is 17.0 Å². The van der Waals surface area contributed by atoms with Gasteiger partial charge in [-0.25, -0.2) is 0 Å². The van der Waals surface area contributed by atoms with E-state index in [1.807, 2.05) is 6.07 Å². The van der Waals surface area contributed by atoms with Crippen LogP contribution >= 0.6 is 15.9 Å². The molecule has 0 aliphatic carbocycles. The lowest BCUT2D eigenvalue weighted by molar-refractivity contribution is -0.114. The quantitative estimate of drug-likeness (QED) is 0.804. The standard InChI is InChI=1S/C13H14BrNO2/c1-3-8(2)7-15-11-6-9(14)4-5-10(11)12(16)13(15)17/h4-6,8H,3,7H2,1-2H3. The van der Waals surface area contributed by atoms with Crippen molar-refractivity contribution in [2.24, 2.45) is 5.92 Å². The highest BCUT2D eigenvalue weighted by atomic mass is 79.9. The molecule has 1 aromatic carbocycles. The van der Waals surface area contributed by atoms with Crippen molar-refractivity contribution in [1.29, 1.82) is 0 Å². The fraction of sp³-hybridized carbons (Fsp3) is 0.385. The van der Waals surface area contributed by atoms with Crippen molar-refractivity contribution in [3.63, 3.8) is 0 Å². The molecule has 4 heteroatoms. The summed E-state index contributed by atoms with van der Waals surface area (Å²) in [5.74, 6) is -0.411. The Morgan fingerprint density at radius 3 is 2.71 bits per heavy atom. The lowest BCUT2D eigenvalue weighted by Gasteiger charge is -2.20. The molecule has 1 amide bonds. The number of carbonyl (C=O) groups excluding carboxylic acids is 2. The summed E-state index contributed by atoms with van der Waals surface area (Å²) in [4.78, 5) is 25.3. The molecule has 0 bridgehead atoms. The number of fused-ring (bicyclic) bond motifs is 1. The second-order valence-electron chi connectivity index (χ2n) is 4.42. The third kappa shape index (κ3) is 2.14. The Balaban J connectivity index is 2.39. The van der Waals surface area contributed by atoms with Gasteiger partial charge in [0.15, 0.2) is 0 Å². The van der Waals surface area contributed by atoms with E-state index in [0.29, 0.717) is 18.0 Å². The summed E-state index contributed by atoms with van der Waals surface area (Å²) in [6.07, 6.45) is 0.987. The van der Waals surface area contributed by atoms with Crippen LogP contribution in [0, 0.1) is 5.92 Å². The molecule has 0 N–H and O–H groups in total. The molecule has 0 aromatic heterocycles. The molecule has 0 saturated carbocycles. The van der Waals surface area contributed by atoms with E-state index < -0.39 is 11.7 Å². The highest BCUT2D eigenvalue weighted by Crippen LogP contribution is 2.32. The van der Waals surface area contributed by atoms with Crippen molar-refractivity contribution in [1.82, 2.24) is 0 Å². The second-order valence-corrected chi connectivity index (χ2v) is 5.34. The number of halogens is 1. The summed E-state index contributed by atoms with van der Waals surface area (Å²) in [7, 11) is 0. The maximum Gasteiger partial charge on any atom is 0.299 e. The van der Waals surface area contributed by atoms with E-state index in [1.165, 1.54) is 0 Å². The molecule has 0 fully saturated rings. The van der Waals surface area contributed by atoms with E-state index in [2.05, 4.69) is 29.8 Å². The van der Waals surface area contributed by atoms with Gasteiger partial charge in [0.1, 0.15) is 0 Å². The first-order chi connectivity index (χ1) is 8.04. The molecular formula is C13H14BrNO2. The average molecular weight is 296 g/mol. The molecule has 0 radical (unpaired) electrons. The molecule has 1 atom stereocenters. The van der Waals surface area contributed by atoms with Crippen LogP contribution in [0.3, 0.4) is 0 Å². The molecule has 90 valence electrons. The molecule has 0 spiro atoms. The minimum absolute atomic E-state index is 0.386. The van der Waals surface area contributed by atoms with Crippen LogP contribution < -0.4 is 4.90 Å². The van der Waals surface area contributed by atoms with Gasteiger partial charge in [0.25, 0.3) is 11.7 Å². The van der Waals surface area contributed by atoms with Gasteiger partial charge in [-0.1, -0.05) is 36.2 Å². The first kappa shape index (κ1) is 12.3. The fourth-order valence-electron chi connectivity index (χ4n) is 1.89. The van der Waals surface area contributed by atoms with Gasteiger partial charge >= 0.3 is 0 Å². The van der Waals surface area contributed by atoms with Gasteiger partial charge in [-0.15, -0.1) is 0 Å². The minimum atomic E-state index is -0.404. The number of benzene rings is 1. The van der Waals surface area contributed by atoms with Crippen molar-refractivity contribution in [3.8, 4) is 0 Å². The van der Waals surface area contributed by atoms with E-state index in [9.17, 15) is 9.59 Å². The number of nitrogens with zero attached hydrogens (tertiary/aromatic N) is 1. The maximum atomic E-state index is 11.9. The molecule has 1 aliphatic rings. The first-order valence-corrected chi connectivity index (χ1v) is 6.49. The van der Waals surface area contributed by atoms with Gasteiger partial charge in [0.2, 0.25) is 0 Å². The summed E-state index contributed by atoms with van der Waals surface area (Å²) >= 11 is 3.37. The molecule has 17 heavy (non-hydrogen) atoms. The van der Waals surface area contributed by atoms with E-state index in [0.717, 1.165) is 16.6 Å². The number of amides is 1. The number of hydrogen-bond donors (Lipinski definition) is 0. The van der Waals surface area contributed by atoms with Crippen LogP contribution in [0.2, 0.25) is 0 Å². The molecule has 3 nitrogen and oxygen atoms in total. The van der Waals surface area contributed by atoms with Crippen LogP contribution in [0.5, 0.6) is 0 Å². The SMILES string of the molecule is CCC(C)CN1C(=O)C(=O)c2ccc(Br)cc21. The van der Waals surface area contributed by atoms with Crippen molar-refractivity contribution in [2.75, 3.05) is 11.4 Å². The molecule has 1 aromatic rings. The van der Waals surface area contributed by atoms with Crippen molar-refractivity contribution < 1.29 is 9.59 Å². The summed E-state index contributed by atoms with van der Waals surface area (Å²) in [5.41, 5.74) is 1.25. The van der Waals surface area contributed by atoms with Crippen molar-refractivity contribution >= 4 is 33.3 Å². The molecule has 1 unspecified atom stereocenters. The first-order valence-electron chi connectivity index (χ1n) is 5.70. The minimum Gasteiger partial charge on any atom is -0.304 e. The Labute approximate surface area is 109 Å². The summed E-state index contributed by atoms with van der Waals surface area (Å²) in [6, 6.07) is 5.33. The third-order valence-electron chi connectivity index (χ3n) is 3.13. The third-order valence-corrected chi connectivity index (χ3v) is 3.62. The number of carbonyl (C=O) groups is 2. The number of ketones is 1. The highest BCUT2D eigenvalue weighted by Gasteiger charge is 2.36. The number of anilines is 1.